The summed E-state index contributed by atoms with van der Waals surface area (Å²) in [4.78, 5) is 24.0. The van der Waals surface area contributed by atoms with Gasteiger partial charge in [0.2, 0.25) is 0 Å². The Kier molecular flexibility index (Phi) is 3.72. The molecule has 1 aliphatic heterocycles. The first-order valence-corrected chi connectivity index (χ1v) is 9.52. The smallest absolute Gasteiger partial charge is 0.266 e. The highest BCUT2D eigenvalue weighted by Gasteiger charge is 2.29. The zero-order valence-corrected chi connectivity index (χ0v) is 16.0. The molecule has 0 saturated carbocycles. The van der Waals surface area contributed by atoms with E-state index in [1.54, 1.807) is 11.3 Å². The molecule has 1 N–H and O–H groups in total. The molecule has 130 valence electrons. The van der Waals surface area contributed by atoms with Crippen LogP contribution in [-0.4, -0.2) is 27.3 Å². The van der Waals surface area contributed by atoms with Crippen LogP contribution in [0.2, 0.25) is 0 Å². The van der Waals surface area contributed by atoms with Crippen LogP contribution in [0, 0.1) is 6.92 Å². The second-order valence-electron chi connectivity index (χ2n) is 7.79. The number of aromatic nitrogens is 2. The Morgan fingerprint density at radius 1 is 1.28 bits per heavy atom. The largest absolute Gasteiger partial charge is 0.358 e. The van der Waals surface area contributed by atoms with Crippen LogP contribution in [0.3, 0.4) is 0 Å². The van der Waals surface area contributed by atoms with Gasteiger partial charge in [-0.2, -0.15) is 0 Å². The number of para-hydroxylation sites is 1. The molecule has 0 saturated heterocycles. The SMILES string of the molecule is Cc1nc(C(C)(C)C)sc1C(=O)N1CCc2[nH]c3ccccc3c2C1. The number of nitrogens with zero attached hydrogens (tertiary/aromatic N) is 2. The van der Waals surface area contributed by atoms with E-state index in [4.69, 9.17) is 0 Å². The van der Waals surface area contributed by atoms with Gasteiger partial charge in [-0.1, -0.05) is 39.0 Å². The van der Waals surface area contributed by atoms with Gasteiger partial charge in [0.15, 0.2) is 0 Å². The molecular formula is C20H23N3OS. The van der Waals surface area contributed by atoms with E-state index >= 15 is 0 Å². The lowest BCUT2D eigenvalue weighted by atomic mass is 9.98. The van der Waals surface area contributed by atoms with Crippen LogP contribution in [-0.2, 0) is 18.4 Å². The van der Waals surface area contributed by atoms with Gasteiger partial charge in [-0.3, -0.25) is 4.79 Å². The number of carbonyl (C=O) groups is 1. The molecular weight excluding hydrogens is 330 g/mol. The number of aryl methyl sites for hydroxylation is 1. The van der Waals surface area contributed by atoms with Gasteiger partial charge in [-0.05, 0) is 13.0 Å². The minimum Gasteiger partial charge on any atom is -0.358 e. The van der Waals surface area contributed by atoms with Crippen molar-refractivity contribution in [3.05, 3.63) is 51.1 Å². The van der Waals surface area contributed by atoms with Crippen molar-refractivity contribution in [1.82, 2.24) is 14.9 Å². The number of fused-ring (bicyclic) bond motifs is 3. The number of hydrogen-bond donors (Lipinski definition) is 1. The molecule has 0 fully saturated rings. The van der Waals surface area contributed by atoms with Gasteiger partial charge in [-0.25, -0.2) is 4.98 Å². The van der Waals surface area contributed by atoms with Gasteiger partial charge in [0.1, 0.15) is 4.88 Å². The maximum absolute atomic E-state index is 13.1. The Bertz CT molecular complexity index is 961. The van der Waals surface area contributed by atoms with E-state index in [0.29, 0.717) is 6.54 Å². The molecule has 0 bridgehead atoms. The summed E-state index contributed by atoms with van der Waals surface area (Å²) in [6, 6.07) is 8.33. The second-order valence-corrected chi connectivity index (χ2v) is 8.79. The summed E-state index contributed by atoms with van der Waals surface area (Å²) in [5.74, 6) is 0.112. The monoisotopic (exact) mass is 353 g/mol. The maximum atomic E-state index is 13.1. The van der Waals surface area contributed by atoms with Crippen LogP contribution in [0.5, 0.6) is 0 Å². The first-order chi connectivity index (χ1) is 11.8. The van der Waals surface area contributed by atoms with E-state index in [2.05, 4.69) is 48.9 Å². The second kappa shape index (κ2) is 5.70. The number of carbonyl (C=O) groups excluding carboxylic acids is 1. The lowest BCUT2D eigenvalue weighted by Gasteiger charge is -2.27. The number of H-pyrrole nitrogens is 1. The van der Waals surface area contributed by atoms with Crippen molar-refractivity contribution in [3.8, 4) is 0 Å². The number of benzene rings is 1. The molecule has 4 rings (SSSR count). The Labute approximate surface area is 151 Å². The minimum atomic E-state index is -0.0279. The molecule has 0 spiro atoms. The van der Waals surface area contributed by atoms with E-state index in [0.717, 1.165) is 34.1 Å². The van der Waals surface area contributed by atoms with Gasteiger partial charge < -0.3 is 9.88 Å². The number of amides is 1. The molecule has 25 heavy (non-hydrogen) atoms. The number of hydrogen-bond acceptors (Lipinski definition) is 3. The van der Waals surface area contributed by atoms with Gasteiger partial charge in [-0.15, -0.1) is 11.3 Å². The van der Waals surface area contributed by atoms with Crippen molar-refractivity contribution < 1.29 is 4.79 Å². The number of nitrogens with one attached hydrogen (secondary N) is 1. The fourth-order valence-corrected chi connectivity index (χ4v) is 4.49. The van der Waals surface area contributed by atoms with Gasteiger partial charge in [0.05, 0.1) is 10.7 Å². The molecule has 3 aromatic rings. The summed E-state index contributed by atoms with van der Waals surface area (Å²) in [5.41, 5.74) is 4.50. The highest BCUT2D eigenvalue weighted by atomic mass is 32.1. The summed E-state index contributed by atoms with van der Waals surface area (Å²) in [6.07, 6.45) is 0.875. The van der Waals surface area contributed by atoms with Crippen LogP contribution in [0.25, 0.3) is 10.9 Å². The van der Waals surface area contributed by atoms with Crippen LogP contribution in [0.4, 0.5) is 0 Å². The average Bonchev–Trinajstić information content (AvgIpc) is 3.14. The summed E-state index contributed by atoms with van der Waals surface area (Å²) >= 11 is 1.55. The van der Waals surface area contributed by atoms with Crippen LogP contribution < -0.4 is 0 Å². The minimum absolute atomic E-state index is 0.0279. The zero-order chi connectivity index (χ0) is 17.8. The number of aromatic amines is 1. The van der Waals surface area contributed by atoms with E-state index in [-0.39, 0.29) is 11.3 Å². The maximum Gasteiger partial charge on any atom is 0.266 e. The third-order valence-electron chi connectivity index (χ3n) is 4.80. The van der Waals surface area contributed by atoms with Crippen molar-refractivity contribution in [1.29, 1.82) is 0 Å². The van der Waals surface area contributed by atoms with Crippen molar-refractivity contribution >= 4 is 28.1 Å². The Morgan fingerprint density at radius 3 is 2.76 bits per heavy atom. The third-order valence-corrected chi connectivity index (χ3v) is 6.37. The molecule has 5 heteroatoms. The van der Waals surface area contributed by atoms with Crippen molar-refractivity contribution in [2.24, 2.45) is 0 Å². The Balaban J connectivity index is 1.65. The normalized spacial score (nSPS) is 14.8. The molecule has 4 nitrogen and oxygen atoms in total. The van der Waals surface area contributed by atoms with Crippen LogP contribution >= 0.6 is 11.3 Å². The molecule has 0 radical (unpaired) electrons. The number of rotatable bonds is 1. The van der Waals surface area contributed by atoms with Crippen molar-refractivity contribution in [2.45, 2.75) is 46.1 Å². The molecule has 0 aliphatic carbocycles. The van der Waals surface area contributed by atoms with Crippen molar-refractivity contribution in [2.75, 3.05) is 6.54 Å². The topological polar surface area (TPSA) is 49.0 Å². The average molecular weight is 353 g/mol. The quantitative estimate of drug-likeness (QED) is 0.703. The lowest BCUT2D eigenvalue weighted by molar-refractivity contribution is 0.0739. The molecule has 0 unspecified atom stereocenters. The molecule has 1 aromatic carbocycles. The fraction of sp³-hybridized carbons (Fsp3) is 0.400. The molecule has 0 atom stereocenters. The Hall–Kier alpha value is -2.14. The molecule has 1 amide bonds. The summed E-state index contributed by atoms with van der Waals surface area (Å²) in [7, 11) is 0. The predicted octanol–water partition coefficient (Wildman–Crippen LogP) is 4.43. The summed E-state index contributed by atoms with van der Waals surface area (Å²) in [6.45, 7) is 9.77. The van der Waals surface area contributed by atoms with Crippen LogP contribution in [0.15, 0.2) is 24.3 Å². The summed E-state index contributed by atoms with van der Waals surface area (Å²) < 4.78 is 0. The summed E-state index contributed by atoms with van der Waals surface area (Å²) in [5, 5.41) is 2.25. The van der Waals surface area contributed by atoms with Gasteiger partial charge in [0, 0.05) is 47.1 Å². The van der Waals surface area contributed by atoms with E-state index in [1.807, 2.05) is 17.9 Å². The Morgan fingerprint density at radius 2 is 2.04 bits per heavy atom. The third kappa shape index (κ3) is 2.76. The van der Waals surface area contributed by atoms with Gasteiger partial charge >= 0.3 is 0 Å². The predicted molar refractivity (Wildman–Crippen MR) is 102 cm³/mol. The fourth-order valence-electron chi connectivity index (χ4n) is 3.40. The molecule has 2 aromatic heterocycles. The lowest BCUT2D eigenvalue weighted by Crippen LogP contribution is -2.35. The number of thiazole rings is 1. The van der Waals surface area contributed by atoms with Gasteiger partial charge in [0.25, 0.3) is 5.91 Å². The first kappa shape index (κ1) is 16.3. The van der Waals surface area contributed by atoms with E-state index in [1.165, 1.54) is 16.6 Å². The highest BCUT2D eigenvalue weighted by Crippen LogP contribution is 2.32. The first-order valence-electron chi connectivity index (χ1n) is 8.70. The molecule has 1 aliphatic rings. The standard InChI is InChI=1S/C20H23N3OS/c1-12-17(25-19(21-12)20(2,3)4)18(24)23-10-9-16-14(11-23)13-7-5-6-8-15(13)22-16/h5-8,22H,9-11H2,1-4H3. The van der Waals surface area contributed by atoms with Crippen molar-refractivity contribution in [3.63, 3.8) is 0 Å². The highest BCUT2D eigenvalue weighted by molar-refractivity contribution is 7.14. The van der Waals surface area contributed by atoms with Crippen LogP contribution in [0.1, 0.15) is 52.4 Å². The molecule has 3 heterocycles. The van der Waals surface area contributed by atoms with E-state index < -0.39 is 0 Å². The van der Waals surface area contributed by atoms with E-state index in [9.17, 15) is 4.79 Å². The zero-order valence-electron chi connectivity index (χ0n) is 15.1.